The van der Waals surface area contributed by atoms with Gasteiger partial charge in [-0.15, -0.1) is 0 Å². The molecule has 1 aromatic carbocycles. The predicted octanol–water partition coefficient (Wildman–Crippen LogP) is 3.98. The van der Waals surface area contributed by atoms with Crippen molar-refractivity contribution < 1.29 is 9.66 Å². The number of nitro benzene ring substituents is 1. The lowest BCUT2D eigenvalue weighted by atomic mass is 10.3. The van der Waals surface area contributed by atoms with Crippen molar-refractivity contribution in [3.05, 3.63) is 44.6 Å². The fourth-order valence-corrected chi connectivity index (χ4v) is 2.60. The Morgan fingerprint density at radius 2 is 2.25 bits per heavy atom. The molecule has 0 N–H and O–H groups in total. The Labute approximate surface area is 128 Å². The van der Waals surface area contributed by atoms with Gasteiger partial charge in [-0.25, -0.2) is 4.68 Å². The number of hydrogen-bond donors (Lipinski definition) is 0. The third-order valence-corrected chi connectivity index (χ3v) is 3.54. The summed E-state index contributed by atoms with van der Waals surface area (Å²) in [6.45, 7) is 1.85. The summed E-state index contributed by atoms with van der Waals surface area (Å²) in [4.78, 5) is 10.5. The lowest BCUT2D eigenvalue weighted by molar-refractivity contribution is -0.385. The number of halogens is 2. The van der Waals surface area contributed by atoms with E-state index in [0.29, 0.717) is 11.2 Å². The van der Waals surface area contributed by atoms with Crippen molar-refractivity contribution in [2.45, 2.75) is 12.3 Å². The molecule has 0 atom stereocenters. The summed E-state index contributed by atoms with van der Waals surface area (Å²) in [6, 6.07) is 4.27. The molecule has 0 amide bonds. The maximum atomic E-state index is 11.0. The highest BCUT2D eigenvalue weighted by Gasteiger charge is 2.20. The topological polar surface area (TPSA) is 70.2 Å². The Kier molecular flexibility index (Phi) is 4.29. The van der Waals surface area contributed by atoms with Gasteiger partial charge in [-0.05, 0) is 19.1 Å². The Morgan fingerprint density at radius 1 is 1.55 bits per heavy atom. The van der Waals surface area contributed by atoms with E-state index in [1.165, 1.54) is 12.1 Å². The molecule has 1 heterocycles. The predicted molar refractivity (Wildman–Crippen MR) is 78.8 cm³/mol. The SMILES string of the molecule is Cc1nn(C)c(Oc2ccc(Cl)cc2[N+](=O)[O-])c1CBr. The monoisotopic (exact) mass is 359 g/mol. The van der Waals surface area contributed by atoms with Crippen LogP contribution in [0.1, 0.15) is 11.3 Å². The highest BCUT2D eigenvalue weighted by Crippen LogP contribution is 2.35. The summed E-state index contributed by atoms with van der Waals surface area (Å²) >= 11 is 9.13. The van der Waals surface area contributed by atoms with Gasteiger partial charge in [-0.1, -0.05) is 27.5 Å². The van der Waals surface area contributed by atoms with E-state index in [9.17, 15) is 10.1 Å². The summed E-state index contributed by atoms with van der Waals surface area (Å²) in [7, 11) is 1.72. The number of aromatic nitrogens is 2. The van der Waals surface area contributed by atoms with E-state index in [1.54, 1.807) is 17.8 Å². The fraction of sp³-hybridized carbons (Fsp3) is 0.250. The van der Waals surface area contributed by atoms with Gasteiger partial charge in [0.2, 0.25) is 11.6 Å². The van der Waals surface area contributed by atoms with Crippen LogP contribution in [0, 0.1) is 17.0 Å². The number of rotatable bonds is 4. The van der Waals surface area contributed by atoms with E-state index in [4.69, 9.17) is 16.3 Å². The molecule has 0 radical (unpaired) electrons. The van der Waals surface area contributed by atoms with Crippen molar-refractivity contribution in [2.24, 2.45) is 7.05 Å². The van der Waals surface area contributed by atoms with E-state index in [2.05, 4.69) is 21.0 Å². The van der Waals surface area contributed by atoms with Gasteiger partial charge < -0.3 is 4.74 Å². The third-order valence-electron chi connectivity index (χ3n) is 2.75. The van der Waals surface area contributed by atoms with Crippen LogP contribution in [-0.4, -0.2) is 14.7 Å². The van der Waals surface area contributed by atoms with Gasteiger partial charge in [-0.3, -0.25) is 10.1 Å². The Hall–Kier alpha value is -1.60. The first-order chi connectivity index (χ1) is 9.43. The lowest BCUT2D eigenvalue weighted by Gasteiger charge is -2.08. The third kappa shape index (κ3) is 2.78. The van der Waals surface area contributed by atoms with E-state index in [0.717, 1.165) is 11.3 Å². The molecule has 0 unspecified atom stereocenters. The molecule has 6 nitrogen and oxygen atoms in total. The van der Waals surface area contributed by atoms with Crippen LogP contribution >= 0.6 is 27.5 Å². The van der Waals surface area contributed by atoms with Gasteiger partial charge in [0.15, 0.2) is 0 Å². The molecule has 0 aliphatic heterocycles. The number of hydrogen-bond acceptors (Lipinski definition) is 4. The quantitative estimate of drug-likeness (QED) is 0.470. The minimum atomic E-state index is -0.530. The highest BCUT2D eigenvalue weighted by molar-refractivity contribution is 9.08. The first kappa shape index (κ1) is 14.8. The summed E-state index contributed by atoms with van der Waals surface area (Å²) in [5.74, 6) is 0.592. The Bertz CT molecular complexity index is 672. The maximum absolute atomic E-state index is 11.0. The van der Waals surface area contributed by atoms with Crippen LogP contribution in [0.2, 0.25) is 5.02 Å². The second-order valence-electron chi connectivity index (χ2n) is 4.10. The van der Waals surface area contributed by atoms with Gasteiger partial charge in [0.25, 0.3) is 0 Å². The summed E-state index contributed by atoms with van der Waals surface area (Å²) in [5.41, 5.74) is 1.46. The van der Waals surface area contributed by atoms with E-state index in [1.807, 2.05) is 6.92 Å². The van der Waals surface area contributed by atoms with Crippen molar-refractivity contribution in [2.75, 3.05) is 0 Å². The number of benzene rings is 1. The van der Waals surface area contributed by atoms with E-state index < -0.39 is 4.92 Å². The molecule has 8 heteroatoms. The lowest BCUT2D eigenvalue weighted by Crippen LogP contribution is -1.99. The molecular weight excluding hydrogens is 350 g/mol. The van der Waals surface area contributed by atoms with Crippen LogP contribution in [0.4, 0.5) is 5.69 Å². The van der Waals surface area contributed by atoms with E-state index >= 15 is 0 Å². The van der Waals surface area contributed by atoms with Crippen molar-refractivity contribution >= 4 is 33.2 Å². The number of nitro groups is 1. The van der Waals surface area contributed by atoms with Gasteiger partial charge in [-0.2, -0.15) is 5.10 Å². The number of alkyl halides is 1. The summed E-state index contributed by atoms with van der Waals surface area (Å²) in [6.07, 6.45) is 0. The molecule has 0 fully saturated rings. The van der Waals surface area contributed by atoms with Gasteiger partial charge in [0.05, 0.1) is 10.6 Å². The fourth-order valence-electron chi connectivity index (χ4n) is 1.79. The molecular formula is C12H11BrClN3O3. The number of nitrogens with zero attached hydrogens (tertiary/aromatic N) is 3. The number of ether oxygens (including phenoxy) is 1. The van der Waals surface area contributed by atoms with Crippen molar-refractivity contribution in [3.63, 3.8) is 0 Å². The second kappa shape index (κ2) is 5.80. The first-order valence-corrected chi connectivity index (χ1v) is 7.14. The van der Waals surface area contributed by atoms with Crippen LogP contribution < -0.4 is 4.74 Å². The van der Waals surface area contributed by atoms with Crippen molar-refractivity contribution in [3.8, 4) is 11.6 Å². The van der Waals surface area contributed by atoms with Crippen molar-refractivity contribution in [1.82, 2.24) is 9.78 Å². The molecule has 0 saturated carbocycles. The highest BCUT2D eigenvalue weighted by atomic mass is 79.9. The first-order valence-electron chi connectivity index (χ1n) is 5.64. The molecule has 0 aliphatic carbocycles. The second-order valence-corrected chi connectivity index (χ2v) is 5.09. The molecule has 0 aliphatic rings. The molecule has 1 aromatic heterocycles. The van der Waals surface area contributed by atoms with Gasteiger partial charge >= 0.3 is 5.69 Å². The maximum Gasteiger partial charge on any atom is 0.313 e. The number of aryl methyl sites for hydroxylation is 2. The zero-order valence-corrected chi connectivity index (χ0v) is 13.1. The van der Waals surface area contributed by atoms with Gasteiger partial charge in [0, 0.05) is 29.0 Å². The average molecular weight is 361 g/mol. The molecule has 0 saturated heterocycles. The summed E-state index contributed by atoms with van der Waals surface area (Å²) in [5, 5.41) is 16.1. The normalized spacial score (nSPS) is 10.6. The molecule has 106 valence electrons. The van der Waals surface area contributed by atoms with Crippen LogP contribution in [0.3, 0.4) is 0 Å². The largest absolute Gasteiger partial charge is 0.432 e. The van der Waals surface area contributed by atoms with E-state index in [-0.39, 0.29) is 16.5 Å². The molecule has 2 aromatic rings. The van der Waals surface area contributed by atoms with Crippen molar-refractivity contribution in [1.29, 1.82) is 0 Å². The van der Waals surface area contributed by atoms with Crippen LogP contribution in [0.5, 0.6) is 11.6 Å². The molecule has 20 heavy (non-hydrogen) atoms. The average Bonchev–Trinajstić information content (AvgIpc) is 2.65. The molecule has 0 spiro atoms. The zero-order chi connectivity index (χ0) is 14.9. The minimum absolute atomic E-state index is 0.129. The standard InChI is InChI=1S/C12H11BrClN3O3/c1-7-9(6-13)12(16(2)15-7)20-11-4-3-8(14)5-10(11)17(18)19/h3-5H,6H2,1-2H3. The Morgan fingerprint density at radius 3 is 2.85 bits per heavy atom. The zero-order valence-electron chi connectivity index (χ0n) is 10.8. The minimum Gasteiger partial charge on any atom is -0.432 e. The molecule has 2 rings (SSSR count). The van der Waals surface area contributed by atoms with Gasteiger partial charge in [0.1, 0.15) is 0 Å². The smallest absolute Gasteiger partial charge is 0.313 e. The van der Waals surface area contributed by atoms with Crippen LogP contribution in [0.25, 0.3) is 0 Å². The summed E-state index contributed by atoms with van der Waals surface area (Å²) < 4.78 is 7.22. The van der Waals surface area contributed by atoms with Crippen LogP contribution in [-0.2, 0) is 12.4 Å². The van der Waals surface area contributed by atoms with Crippen LogP contribution in [0.15, 0.2) is 18.2 Å². The molecule has 0 bridgehead atoms. The Balaban J connectivity index is 2.48.